The van der Waals surface area contributed by atoms with Gasteiger partial charge in [-0.05, 0) is 73.1 Å². The van der Waals surface area contributed by atoms with E-state index in [0.29, 0.717) is 42.4 Å². The SMILES string of the molecule is COc1ccc(S(=O)(=O)Nc2ccc3c(c2)CC(=O)N([C@@H](C)CO)C[C@H](C)[C@@H](CN(C)Cc2ccc(-c4ccccc4)cc2)O3)cc1. The van der Waals surface area contributed by atoms with E-state index in [1.165, 1.54) is 30.4 Å². The number of aliphatic hydroxyl groups excluding tert-OH is 1. The molecule has 0 unspecified atom stereocenters. The van der Waals surface area contributed by atoms with Crippen LogP contribution in [-0.4, -0.2) is 75.2 Å². The molecule has 0 aromatic heterocycles. The van der Waals surface area contributed by atoms with Gasteiger partial charge in [0.2, 0.25) is 5.91 Å². The Hall–Kier alpha value is -4.38. The van der Waals surface area contributed by atoms with Gasteiger partial charge in [0.15, 0.2) is 0 Å². The maximum atomic E-state index is 13.6. The van der Waals surface area contributed by atoms with Crippen molar-refractivity contribution in [3.63, 3.8) is 0 Å². The van der Waals surface area contributed by atoms with Gasteiger partial charge in [0.25, 0.3) is 10.0 Å². The fourth-order valence-electron chi connectivity index (χ4n) is 5.80. The molecule has 10 heteroatoms. The van der Waals surface area contributed by atoms with E-state index in [1.54, 1.807) is 35.2 Å². The second kappa shape index (κ2) is 15.0. The number of amides is 1. The summed E-state index contributed by atoms with van der Waals surface area (Å²) in [7, 11) is -0.333. The Morgan fingerprint density at radius 3 is 2.34 bits per heavy atom. The number of ether oxygens (including phenoxy) is 2. The van der Waals surface area contributed by atoms with Gasteiger partial charge < -0.3 is 19.5 Å². The number of fused-ring (bicyclic) bond motifs is 1. The molecule has 1 aliphatic heterocycles. The molecule has 0 saturated heterocycles. The van der Waals surface area contributed by atoms with Crippen molar-refractivity contribution in [2.45, 2.75) is 43.9 Å². The highest BCUT2D eigenvalue weighted by molar-refractivity contribution is 7.92. The van der Waals surface area contributed by atoms with Crippen LogP contribution in [-0.2, 0) is 27.8 Å². The maximum Gasteiger partial charge on any atom is 0.261 e. The molecular formula is C37H43N3O6S. The van der Waals surface area contributed by atoms with Gasteiger partial charge in [-0.1, -0.05) is 61.5 Å². The van der Waals surface area contributed by atoms with Crippen molar-refractivity contribution in [3.05, 3.63) is 108 Å². The highest BCUT2D eigenvalue weighted by Gasteiger charge is 2.31. The maximum absolute atomic E-state index is 13.6. The zero-order valence-electron chi connectivity index (χ0n) is 27.3. The van der Waals surface area contributed by atoms with Crippen LogP contribution in [0.5, 0.6) is 11.5 Å². The van der Waals surface area contributed by atoms with Crippen LogP contribution >= 0.6 is 0 Å². The van der Waals surface area contributed by atoms with E-state index < -0.39 is 10.0 Å². The van der Waals surface area contributed by atoms with Crippen LogP contribution in [0.15, 0.2) is 102 Å². The Balaban J connectivity index is 1.37. The van der Waals surface area contributed by atoms with Gasteiger partial charge in [0, 0.05) is 36.8 Å². The van der Waals surface area contributed by atoms with Crippen LogP contribution in [0.1, 0.15) is 25.0 Å². The normalized spacial score (nSPS) is 17.6. The van der Waals surface area contributed by atoms with Gasteiger partial charge in [0.1, 0.15) is 17.6 Å². The molecule has 0 bridgehead atoms. The number of benzene rings is 4. The summed E-state index contributed by atoms with van der Waals surface area (Å²) in [6.45, 7) is 5.41. The monoisotopic (exact) mass is 657 g/mol. The largest absolute Gasteiger partial charge is 0.497 e. The van der Waals surface area contributed by atoms with Crippen molar-refractivity contribution in [3.8, 4) is 22.6 Å². The Labute approximate surface area is 277 Å². The van der Waals surface area contributed by atoms with Crippen molar-refractivity contribution >= 4 is 21.6 Å². The third-order valence-corrected chi connectivity index (χ3v) is 9.94. The summed E-state index contributed by atoms with van der Waals surface area (Å²) in [6.07, 6.45) is -0.288. The lowest BCUT2D eigenvalue weighted by Crippen LogP contribution is -2.47. The molecule has 4 aromatic rings. The van der Waals surface area contributed by atoms with Gasteiger partial charge >= 0.3 is 0 Å². The zero-order chi connectivity index (χ0) is 33.6. The molecule has 248 valence electrons. The number of sulfonamides is 1. The van der Waals surface area contributed by atoms with E-state index in [-0.39, 0.29) is 41.9 Å². The van der Waals surface area contributed by atoms with Gasteiger partial charge in [-0.3, -0.25) is 14.4 Å². The molecule has 1 aliphatic rings. The average molecular weight is 658 g/mol. The van der Waals surface area contributed by atoms with Crippen LogP contribution in [0, 0.1) is 5.92 Å². The minimum atomic E-state index is -3.90. The number of rotatable bonds is 11. The number of aliphatic hydroxyl groups is 1. The number of nitrogens with one attached hydrogen (secondary N) is 1. The zero-order valence-corrected chi connectivity index (χ0v) is 28.1. The molecule has 1 heterocycles. The number of anilines is 1. The van der Waals surface area contributed by atoms with Crippen molar-refractivity contribution < 1.29 is 27.8 Å². The van der Waals surface area contributed by atoms with Crippen molar-refractivity contribution in [1.29, 1.82) is 0 Å². The minimum Gasteiger partial charge on any atom is -0.497 e. The Morgan fingerprint density at radius 1 is 1.00 bits per heavy atom. The first kappa shape index (κ1) is 34.0. The molecule has 4 aromatic carbocycles. The first-order chi connectivity index (χ1) is 22.6. The Bertz CT molecular complexity index is 1750. The second-order valence-electron chi connectivity index (χ2n) is 12.3. The van der Waals surface area contributed by atoms with Crippen molar-refractivity contribution in [2.75, 3.05) is 38.6 Å². The smallest absolute Gasteiger partial charge is 0.261 e. The fourth-order valence-corrected chi connectivity index (χ4v) is 6.85. The van der Waals surface area contributed by atoms with Gasteiger partial charge in [-0.2, -0.15) is 0 Å². The topological polar surface area (TPSA) is 108 Å². The summed E-state index contributed by atoms with van der Waals surface area (Å²) in [5.74, 6) is 0.858. The van der Waals surface area contributed by atoms with Crippen LogP contribution in [0.3, 0.4) is 0 Å². The molecule has 5 rings (SSSR count). The molecule has 0 fully saturated rings. The number of hydrogen-bond acceptors (Lipinski definition) is 7. The molecule has 0 radical (unpaired) electrons. The molecule has 1 amide bonds. The number of nitrogens with zero attached hydrogens (tertiary/aromatic N) is 2. The van der Waals surface area contributed by atoms with Gasteiger partial charge in [-0.15, -0.1) is 0 Å². The van der Waals surface area contributed by atoms with Crippen LogP contribution in [0.2, 0.25) is 0 Å². The predicted molar refractivity (Wildman–Crippen MR) is 184 cm³/mol. The van der Waals surface area contributed by atoms with Crippen LogP contribution < -0.4 is 14.2 Å². The van der Waals surface area contributed by atoms with E-state index in [1.807, 2.05) is 32.2 Å². The van der Waals surface area contributed by atoms with Gasteiger partial charge in [-0.25, -0.2) is 8.42 Å². The predicted octanol–water partition coefficient (Wildman–Crippen LogP) is 5.44. The summed E-state index contributed by atoms with van der Waals surface area (Å²) in [5.41, 5.74) is 4.39. The first-order valence-corrected chi connectivity index (χ1v) is 17.2. The Kier molecular flexibility index (Phi) is 10.9. The van der Waals surface area contributed by atoms with Crippen LogP contribution in [0.4, 0.5) is 5.69 Å². The number of methoxy groups -OCH3 is 1. The van der Waals surface area contributed by atoms with E-state index in [2.05, 4.69) is 52.9 Å². The van der Waals surface area contributed by atoms with Crippen LogP contribution in [0.25, 0.3) is 11.1 Å². The molecule has 3 atom stereocenters. The summed E-state index contributed by atoms with van der Waals surface area (Å²) < 4.78 is 40.7. The molecular weight excluding hydrogens is 614 g/mol. The summed E-state index contributed by atoms with van der Waals surface area (Å²) in [5, 5.41) is 9.98. The number of carbonyl (C=O) groups is 1. The first-order valence-electron chi connectivity index (χ1n) is 15.8. The highest BCUT2D eigenvalue weighted by atomic mass is 32.2. The number of likely N-dealkylation sites (N-methyl/N-ethyl adjacent to an activating group) is 1. The highest BCUT2D eigenvalue weighted by Crippen LogP contribution is 2.30. The average Bonchev–Trinajstić information content (AvgIpc) is 3.12. The molecule has 9 nitrogen and oxygen atoms in total. The standard InChI is InChI=1S/C37H43N3O6S/c1-26-22-40(27(2)25-41)37(42)21-31-20-32(38-47(43,44)34-17-15-33(45-4)16-18-34)14-19-35(31)46-36(26)24-39(3)23-28-10-12-30(13-11-28)29-8-6-5-7-9-29/h5-20,26-27,36,38,41H,21-25H2,1-4H3/t26-,27-,36+/m0/s1. The molecule has 0 aliphatic carbocycles. The second-order valence-corrected chi connectivity index (χ2v) is 13.9. The van der Waals surface area contributed by atoms with E-state index >= 15 is 0 Å². The van der Waals surface area contributed by atoms with E-state index in [0.717, 1.165) is 5.56 Å². The quantitative estimate of drug-likeness (QED) is 0.221. The lowest BCUT2D eigenvalue weighted by Gasteiger charge is -2.34. The number of carbonyl (C=O) groups excluding carboxylic acids is 1. The van der Waals surface area contributed by atoms with Crippen molar-refractivity contribution in [2.24, 2.45) is 5.92 Å². The fraction of sp³-hybridized carbons (Fsp3) is 0.324. The molecule has 2 N–H and O–H groups in total. The summed E-state index contributed by atoms with van der Waals surface area (Å²) in [4.78, 5) is 17.6. The summed E-state index contributed by atoms with van der Waals surface area (Å²) >= 11 is 0. The lowest BCUT2D eigenvalue weighted by molar-refractivity contribution is -0.134. The third-order valence-electron chi connectivity index (χ3n) is 8.54. The summed E-state index contributed by atoms with van der Waals surface area (Å²) in [6, 6.07) is 29.6. The van der Waals surface area contributed by atoms with E-state index in [9.17, 15) is 18.3 Å². The van der Waals surface area contributed by atoms with Gasteiger partial charge in [0.05, 0.1) is 31.1 Å². The third kappa shape index (κ3) is 8.51. The number of hydrogen-bond donors (Lipinski definition) is 2. The minimum absolute atomic E-state index is 0.000813. The Morgan fingerprint density at radius 2 is 1.68 bits per heavy atom. The molecule has 47 heavy (non-hydrogen) atoms. The lowest BCUT2D eigenvalue weighted by atomic mass is 10.0. The molecule has 0 spiro atoms. The molecule has 0 saturated carbocycles. The van der Waals surface area contributed by atoms with Crippen molar-refractivity contribution in [1.82, 2.24) is 9.80 Å². The van der Waals surface area contributed by atoms with E-state index in [4.69, 9.17) is 9.47 Å².